The predicted octanol–water partition coefficient (Wildman–Crippen LogP) is 4.49. The number of carbonyl (C=O) groups is 3. The van der Waals surface area contributed by atoms with E-state index in [1.807, 2.05) is 68.4 Å². The summed E-state index contributed by atoms with van der Waals surface area (Å²) in [7, 11) is 0. The van der Waals surface area contributed by atoms with Crippen LogP contribution in [0.5, 0.6) is 0 Å². The highest BCUT2D eigenvalue weighted by molar-refractivity contribution is 9.09. The molecule has 6 rings (SSSR count). The van der Waals surface area contributed by atoms with Crippen LogP contribution in [0.15, 0.2) is 79.9 Å². The van der Waals surface area contributed by atoms with E-state index < -0.39 is 28.7 Å². The number of benzene rings is 2. The monoisotopic (exact) mass is 734 g/mol. The Morgan fingerprint density at radius 2 is 1.79 bits per heavy atom. The van der Waals surface area contributed by atoms with E-state index in [1.54, 1.807) is 43.3 Å². The van der Waals surface area contributed by atoms with Gasteiger partial charge in [0.1, 0.15) is 18.2 Å². The number of rotatable bonds is 14. The number of fused-ring (bicyclic) bond motifs is 2. The molecule has 4 heterocycles. The van der Waals surface area contributed by atoms with Crippen molar-refractivity contribution in [1.29, 1.82) is 0 Å². The Kier molecular flexibility index (Phi) is 10.1. The molecule has 12 heteroatoms. The van der Waals surface area contributed by atoms with Crippen molar-refractivity contribution in [1.82, 2.24) is 29.7 Å². The number of aliphatic hydroxyl groups is 1. The van der Waals surface area contributed by atoms with Gasteiger partial charge in [0.05, 0.1) is 34.7 Å². The average molecular weight is 736 g/mol. The van der Waals surface area contributed by atoms with E-state index >= 15 is 4.79 Å². The average Bonchev–Trinajstić information content (AvgIpc) is 3.82. The van der Waals surface area contributed by atoms with Crippen LogP contribution in [0.25, 0.3) is 11.0 Å². The summed E-state index contributed by atoms with van der Waals surface area (Å²) in [6.07, 6.45) is 4.63. The number of aliphatic hydroxyl groups excluding tert-OH is 1. The summed E-state index contributed by atoms with van der Waals surface area (Å²) in [5.74, 6) is -2.05. The number of amides is 3. The minimum Gasteiger partial charge on any atom is -0.394 e. The van der Waals surface area contributed by atoms with E-state index in [2.05, 4.69) is 39.4 Å². The molecule has 0 radical (unpaired) electrons. The first kappa shape index (κ1) is 34.4. The Balaban J connectivity index is 1.42. The van der Waals surface area contributed by atoms with Crippen LogP contribution in [0, 0.1) is 17.8 Å². The highest BCUT2D eigenvalue weighted by Gasteiger charge is 2.76. The fraction of sp³-hybridized carbons (Fsp3) is 0.472. The van der Waals surface area contributed by atoms with Crippen LogP contribution in [0.4, 0.5) is 0 Å². The van der Waals surface area contributed by atoms with Gasteiger partial charge in [-0.3, -0.25) is 14.4 Å². The maximum atomic E-state index is 15.1. The second-order valence-electron chi connectivity index (χ2n) is 13.1. The Labute approximate surface area is 294 Å². The van der Waals surface area contributed by atoms with Crippen molar-refractivity contribution in [3.8, 4) is 0 Å². The summed E-state index contributed by atoms with van der Waals surface area (Å²) in [4.78, 5) is 49.6. The summed E-state index contributed by atoms with van der Waals surface area (Å²) < 4.78 is 0.811. The fourth-order valence-corrected chi connectivity index (χ4v) is 11.5. The van der Waals surface area contributed by atoms with Gasteiger partial charge < -0.3 is 19.8 Å². The molecule has 2 aromatic carbocycles. The van der Waals surface area contributed by atoms with Crippen LogP contribution in [-0.2, 0) is 27.6 Å². The van der Waals surface area contributed by atoms with Crippen molar-refractivity contribution in [2.45, 2.75) is 66.8 Å². The maximum absolute atomic E-state index is 15.1. The largest absolute Gasteiger partial charge is 0.394 e. The molecule has 48 heavy (non-hydrogen) atoms. The summed E-state index contributed by atoms with van der Waals surface area (Å²) in [5, 5.41) is 19.2. The van der Waals surface area contributed by atoms with Gasteiger partial charge >= 0.3 is 0 Å². The van der Waals surface area contributed by atoms with E-state index in [4.69, 9.17) is 0 Å². The van der Waals surface area contributed by atoms with Crippen molar-refractivity contribution in [2.24, 2.45) is 17.8 Å². The second-order valence-corrected chi connectivity index (χ2v) is 15.8. The van der Waals surface area contributed by atoms with Crippen molar-refractivity contribution in [3.63, 3.8) is 0 Å². The van der Waals surface area contributed by atoms with E-state index in [9.17, 15) is 14.7 Å². The standard InChI is InChI=1S/C36H43BrN6O4S/c1-5-17-40(20-24-13-9-8-10-14-24)33(45)29-30-34(46)43(28(21-44)23(4)7-3)32(36(30)19-25(37)31(29)48-36)35(47)41(18-6-2)22-42-27-16-12-11-15-26(27)38-39-42/h5-6,8-16,23,25,28-32,44H,1-2,7,17-22H2,3-4H3/t23-,25?,28-,29-,30-,31-,32?,36?/m0/s1. The quantitative estimate of drug-likeness (QED) is 0.192. The fourth-order valence-electron chi connectivity index (χ4n) is 7.93. The van der Waals surface area contributed by atoms with Gasteiger partial charge in [-0.15, -0.1) is 30.0 Å². The first-order valence-corrected chi connectivity index (χ1v) is 18.4. The third-order valence-electron chi connectivity index (χ3n) is 10.4. The van der Waals surface area contributed by atoms with Crippen LogP contribution in [0.2, 0.25) is 0 Å². The minimum absolute atomic E-state index is 0.0805. The lowest BCUT2D eigenvalue weighted by molar-refractivity contribution is -0.148. The summed E-state index contributed by atoms with van der Waals surface area (Å²) in [5.41, 5.74) is 2.48. The van der Waals surface area contributed by atoms with Gasteiger partial charge in [-0.2, -0.15) is 0 Å². The zero-order valence-electron chi connectivity index (χ0n) is 27.4. The van der Waals surface area contributed by atoms with Crippen molar-refractivity contribution in [2.75, 3.05) is 19.7 Å². The molecule has 1 aromatic heterocycles. The number of hydrogen-bond acceptors (Lipinski definition) is 7. The molecular weight excluding hydrogens is 692 g/mol. The number of alkyl halides is 1. The van der Waals surface area contributed by atoms with E-state index in [1.165, 1.54) is 0 Å². The van der Waals surface area contributed by atoms with Crippen LogP contribution in [0.3, 0.4) is 0 Å². The summed E-state index contributed by atoms with van der Waals surface area (Å²) >= 11 is 5.49. The molecule has 8 atom stereocenters. The minimum atomic E-state index is -0.897. The molecule has 3 aliphatic heterocycles. The third-order valence-corrected chi connectivity index (χ3v) is 13.6. The molecule has 3 unspecified atom stereocenters. The summed E-state index contributed by atoms with van der Waals surface area (Å²) in [6, 6.07) is 15.9. The molecule has 1 N–H and O–H groups in total. The Morgan fingerprint density at radius 3 is 2.48 bits per heavy atom. The van der Waals surface area contributed by atoms with Gasteiger partial charge in [0.25, 0.3) is 0 Å². The Morgan fingerprint density at radius 1 is 1.10 bits per heavy atom. The highest BCUT2D eigenvalue weighted by atomic mass is 79.9. The molecule has 1 spiro atoms. The van der Waals surface area contributed by atoms with E-state index in [0.717, 1.165) is 11.1 Å². The molecule has 3 amide bonds. The number of hydrogen-bond donors (Lipinski definition) is 1. The van der Waals surface area contributed by atoms with E-state index in [0.29, 0.717) is 31.4 Å². The zero-order valence-corrected chi connectivity index (χ0v) is 29.8. The van der Waals surface area contributed by atoms with Crippen LogP contribution >= 0.6 is 27.7 Å². The lowest BCUT2D eigenvalue weighted by atomic mass is 9.70. The number of likely N-dealkylation sites (tertiary alicyclic amines) is 1. The number of aromatic nitrogens is 3. The van der Waals surface area contributed by atoms with Gasteiger partial charge in [-0.05, 0) is 30.0 Å². The molecule has 2 bridgehead atoms. The Hall–Kier alpha value is -3.48. The lowest BCUT2D eigenvalue weighted by Crippen LogP contribution is -2.59. The second kappa shape index (κ2) is 14.2. The van der Waals surface area contributed by atoms with Crippen molar-refractivity contribution in [3.05, 3.63) is 85.5 Å². The topological polar surface area (TPSA) is 112 Å². The predicted molar refractivity (Wildman–Crippen MR) is 191 cm³/mol. The molecule has 254 valence electrons. The number of thioether (sulfide) groups is 1. The smallest absolute Gasteiger partial charge is 0.248 e. The summed E-state index contributed by atoms with van der Waals surface area (Å²) in [6.45, 7) is 12.6. The SMILES string of the molecule is C=CCN(Cn1nnc2ccccc21)C(=O)C1N([C@@H](CO)[C@@H](C)CC)C(=O)[C@@H]2[C@H](C(=O)N(CC=C)Cc3ccccc3)[C@H]3SC12CC3Br. The molecule has 3 aliphatic rings. The van der Waals surface area contributed by atoms with Crippen LogP contribution in [0.1, 0.15) is 32.3 Å². The zero-order chi connectivity index (χ0) is 34.2. The van der Waals surface area contributed by atoms with Crippen LogP contribution < -0.4 is 0 Å². The first-order valence-electron chi connectivity index (χ1n) is 16.6. The molecule has 3 aromatic rings. The lowest BCUT2D eigenvalue weighted by Gasteiger charge is -2.41. The van der Waals surface area contributed by atoms with Gasteiger partial charge in [-0.25, -0.2) is 4.68 Å². The van der Waals surface area contributed by atoms with Crippen molar-refractivity contribution >= 4 is 56.4 Å². The molecular formula is C36H43BrN6O4S. The highest BCUT2D eigenvalue weighted by Crippen LogP contribution is 2.68. The molecule has 0 saturated carbocycles. The number of nitrogens with zero attached hydrogens (tertiary/aromatic N) is 6. The van der Waals surface area contributed by atoms with Gasteiger partial charge in [0.2, 0.25) is 17.7 Å². The number of para-hydroxylation sites is 1. The van der Waals surface area contributed by atoms with Crippen molar-refractivity contribution < 1.29 is 19.5 Å². The number of halogens is 1. The van der Waals surface area contributed by atoms with Crippen LogP contribution in [-0.4, -0.2) is 99.1 Å². The molecule has 10 nitrogen and oxygen atoms in total. The first-order chi connectivity index (χ1) is 23.2. The Bertz CT molecular complexity index is 1690. The van der Waals surface area contributed by atoms with Gasteiger partial charge in [0, 0.05) is 29.7 Å². The van der Waals surface area contributed by atoms with Gasteiger partial charge in [-0.1, -0.05) is 96.0 Å². The maximum Gasteiger partial charge on any atom is 0.248 e. The molecule has 3 fully saturated rings. The van der Waals surface area contributed by atoms with Gasteiger partial charge in [0.15, 0.2) is 0 Å². The third kappa shape index (κ3) is 5.79. The number of carbonyl (C=O) groups excluding carboxylic acids is 3. The molecule has 3 saturated heterocycles. The van der Waals surface area contributed by atoms with E-state index in [-0.39, 0.29) is 53.5 Å². The molecule has 0 aliphatic carbocycles. The normalized spacial score (nSPS) is 27.1.